The molecule has 1 nitrogen and oxygen atoms in total. The number of aryl methyl sites for hydroxylation is 1. The normalized spacial score (nSPS) is 10.4. The van der Waals surface area contributed by atoms with Crippen LogP contribution in [0, 0.1) is 12.7 Å². The van der Waals surface area contributed by atoms with Crippen LogP contribution in [0.15, 0.2) is 36.4 Å². The smallest absolute Gasteiger partial charge is 0.124 e. The van der Waals surface area contributed by atoms with Crippen LogP contribution in [0.2, 0.25) is 10.0 Å². The SMILES string of the molecule is Cc1ccc(Cl)c(NCc2ccc(F)cc2Cl)c1. The minimum atomic E-state index is -0.336. The fraction of sp³-hybridized carbons (Fsp3) is 0.143. The highest BCUT2D eigenvalue weighted by atomic mass is 35.5. The highest BCUT2D eigenvalue weighted by Gasteiger charge is 2.04. The molecule has 1 N–H and O–H groups in total. The molecule has 2 rings (SSSR count). The molecule has 0 bridgehead atoms. The highest BCUT2D eigenvalue weighted by molar-refractivity contribution is 6.33. The van der Waals surface area contributed by atoms with E-state index in [9.17, 15) is 4.39 Å². The van der Waals surface area contributed by atoms with Gasteiger partial charge in [0, 0.05) is 11.6 Å². The van der Waals surface area contributed by atoms with Gasteiger partial charge >= 0.3 is 0 Å². The Bertz CT molecular complexity index is 570. The van der Waals surface area contributed by atoms with Crippen LogP contribution in [-0.4, -0.2) is 0 Å². The number of anilines is 1. The lowest BCUT2D eigenvalue weighted by atomic mass is 10.2. The van der Waals surface area contributed by atoms with Crippen LogP contribution in [0.4, 0.5) is 10.1 Å². The maximum Gasteiger partial charge on any atom is 0.124 e. The number of benzene rings is 2. The summed E-state index contributed by atoms with van der Waals surface area (Å²) >= 11 is 12.0. The zero-order chi connectivity index (χ0) is 13.1. The Balaban J connectivity index is 2.13. The molecule has 94 valence electrons. The Morgan fingerprint density at radius 3 is 2.56 bits per heavy atom. The lowest BCUT2D eigenvalue weighted by Crippen LogP contribution is -2.01. The Kier molecular flexibility index (Phi) is 4.10. The van der Waals surface area contributed by atoms with Gasteiger partial charge in [0.1, 0.15) is 5.82 Å². The summed E-state index contributed by atoms with van der Waals surface area (Å²) in [6.07, 6.45) is 0. The van der Waals surface area contributed by atoms with Crippen molar-refractivity contribution >= 4 is 28.9 Å². The molecule has 2 aromatic rings. The minimum absolute atomic E-state index is 0.336. The summed E-state index contributed by atoms with van der Waals surface area (Å²) in [5, 5.41) is 4.25. The van der Waals surface area contributed by atoms with Crippen LogP contribution < -0.4 is 5.32 Å². The van der Waals surface area contributed by atoms with Crippen molar-refractivity contribution < 1.29 is 4.39 Å². The summed E-state index contributed by atoms with van der Waals surface area (Å²) in [6, 6.07) is 10.1. The third-order valence-electron chi connectivity index (χ3n) is 2.61. The van der Waals surface area contributed by atoms with E-state index in [0.29, 0.717) is 16.6 Å². The fourth-order valence-corrected chi connectivity index (χ4v) is 2.05. The number of hydrogen-bond acceptors (Lipinski definition) is 1. The Labute approximate surface area is 116 Å². The molecule has 0 aliphatic heterocycles. The molecule has 18 heavy (non-hydrogen) atoms. The van der Waals surface area contributed by atoms with E-state index < -0.39 is 0 Å². The van der Waals surface area contributed by atoms with Gasteiger partial charge in [0.25, 0.3) is 0 Å². The fourth-order valence-electron chi connectivity index (χ4n) is 1.63. The average molecular weight is 284 g/mol. The summed E-state index contributed by atoms with van der Waals surface area (Å²) in [4.78, 5) is 0. The molecular weight excluding hydrogens is 272 g/mol. The van der Waals surface area contributed by atoms with Crippen molar-refractivity contribution in [3.63, 3.8) is 0 Å². The zero-order valence-electron chi connectivity index (χ0n) is 9.81. The molecule has 0 amide bonds. The average Bonchev–Trinajstić information content (AvgIpc) is 2.32. The van der Waals surface area contributed by atoms with Crippen molar-refractivity contribution in [3.05, 3.63) is 63.4 Å². The molecule has 0 saturated carbocycles. The lowest BCUT2D eigenvalue weighted by molar-refractivity contribution is 0.627. The number of hydrogen-bond donors (Lipinski definition) is 1. The molecule has 0 aliphatic rings. The third-order valence-corrected chi connectivity index (χ3v) is 3.29. The molecule has 0 saturated heterocycles. The van der Waals surface area contributed by atoms with Gasteiger partial charge < -0.3 is 5.32 Å². The monoisotopic (exact) mass is 283 g/mol. The molecule has 2 aromatic carbocycles. The summed E-state index contributed by atoms with van der Waals surface area (Å²) in [5.41, 5.74) is 2.79. The van der Waals surface area contributed by atoms with Gasteiger partial charge in [0.05, 0.1) is 10.7 Å². The summed E-state index contributed by atoms with van der Waals surface area (Å²) in [7, 11) is 0. The van der Waals surface area contributed by atoms with E-state index >= 15 is 0 Å². The Hall–Kier alpha value is -1.25. The van der Waals surface area contributed by atoms with Gasteiger partial charge in [0.2, 0.25) is 0 Å². The molecule has 0 unspecified atom stereocenters. The highest BCUT2D eigenvalue weighted by Crippen LogP contribution is 2.24. The van der Waals surface area contributed by atoms with Crippen molar-refractivity contribution in [1.29, 1.82) is 0 Å². The van der Waals surface area contributed by atoms with Gasteiger partial charge in [0.15, 0.2) is 0 Å². The van der Waals surface area contributed by atoms with Crippen LogP contribution in [0.25, 0.3) is 0 Å². The first-order valence-corrected chi connectivity index (χ1v) is 6.26. The van der Waals surface area contributed by atoms with Crippen molar-refractivity contribution in [2.24, 2.45) is 0 Å². The summed E-state index contributed by atoms with van der Waals surface area (Å²) in [6.45, 7) is 2.49. The maximum absolute atomic E-state index is 12.9. The van der Waals surface area contributed by atoms with Crippen molar-refractivity contribution in [1.82, 2.24) is 0 Å². The topological polar surface area (TPSA) is 12.0 Å². The van der Waals surface area contributed by atoms with E-state index in [0.717, 1.165) is 16.8 Å². The van der Waals surface area contributed by atoms with Crippen LogP contribution in [0.3, 0.4) is 0 Å². The van der Waals surface area contributed by atoms with E-state index in [1.54, 1.807) is 6.07 Å². The second kappa shape index (κ2) is 5.59. The van der Waals surface area contributed by atoms with Crippen molar-refractivity contribution in [3.8, 4) is 0 Å². The molecule has 0 fully saturated rings. The Morgan fingerprint density at radius 2 is 1.83 bits per heavy atom. The van der Waals surface area contributed by atoms with Crippen molar-refractivity contribution in [2.45, 2.75) is 13.5 Å². The molecule has 0 spiro atoms. The number of rotatable bonds is 3. The standard InChI is InChI=1S/C14H12Cl2FN/c1-9-2-5-12(15)14(6-9)18-8-10-3-4-11(17)7-13(10)16/h2-7,18H,8H2,1H3. The van der Waals surface area contributed by atoms with Crippen LogP contribution >= 0.6 is 23.2 Å². The first-order chi connectivity index (χ1) is 8.56. The van der Waals surface area contributed by atoms with Gasteiger partial charge in [-0.25, -0.2) is 4.39 Å². The van der Waals surface area contributed by atoms with Gasteiger partial charge in [-0.15, -0.1) is 0 Å². The first-order valence-electron chi connectivity index (χ1n) is 5.50. The molecule has 0 aliphatic carbocycles. The van der Waals surface area contributed by atoms with Crippen LogP contribution in [0.5, 0.6) is 0 Å². The summed E-state index contributed by atoms with van der Waals surface area (Å²) in [5.74, 6) is -0.336. The lowest BCUT2D eigenvalue weighted by Gasteiger charge is -2.10. The van der Waals surface area contributed by atoms with E-state index in [1.807, 2.05) is 25.1 Å². The Morgan fingerprint density at radius 1 is 1.06 bits per heavy atom. The molecule has 4 heteroatoms. The van der Waals surface area contributed by atoms with E-state index in [4.69, 9.17) is 23.2 Å². The maximum atomic E-state index is 12.9. The molecule has 0 aromatic heterocycles. The molecule has 0 atom stereocenters. The molecular formula is C14H12Cl2FN. The van der Waals surface area contributed by atoms with Crippen LogP contribution in [-0.2, 0) is 6.54 Å². The predicted octanol–water partition coefficient (Wildman–Crippen LogP) is 5.05. The minimum Gasteiger partial charge on any atom is -0.380 e. The van der Waals surface area contributed by atoms with Gasteiger partial charge in [-0.05, 0) is 42.3 Å². The number of nitrogens with one attached hydrogen (secondary N) is 1. The van der Waals surface area contributed by atoms with E-state index in [-0.39, 0.29) is 5.82 Å². The quantitative estimate of drug-likeness (QED) is 0.831. The second-order valence-corrected chi connectivity index (χ2v) is 4.89. The first kappa shape index (κ1) is 13.2. The predicted molar refractivity (Wildman–Crippen MR) is 74.9 cm³/mol. The summed E-state index contributed by atoms with van der Waals surface area (Å²) < 4.78 is 12.9. The molecule has 0 heterocycles. The van der Waals surface area contributed by atoms with E-state index in [2.05, 4.69) is 5.32 Å². The third kappa shape index (κ3) is 3.15. The zero-order valence-corrected chi connectivity index (χ0v) is 11.3. The largest absolute Gasteiger partial charge is 0.380 e. The second-order valence-electron chi connectivity index (χ2n) is 4.07. The van der Waals surface area contributed by atoms with Gasteiger partial charge in [-0.2, -0.15) is 0 Å². The van der Waals surface area contributed by atoms with Crippen molar-refractivity contribution in [2.75, 3.05) is 5.32 Å². The van der Waals surface area contributed by atoms with Crippen LogP contribution in [0.1, 0.15) is 11.1 Å². The molecule has 0 radical (unpaired) electrons. The van der Waals surface area contributed by atoms with Gasteiger partial charge in [-0.3, -0.25) is 0 Å². The van der Waals surface area contributed by atoms with Gasteiger partial charge in [-0.1, -0.05) is 35.3 Å². The number of halogens is 3. The van der Waals surface area contributed by atoms with E-state index in [1.165, 1.54) is 12.1 Å².